The molecule has 0 unspecified atom stereocenters. The second kappa shape index (κ2) is 9.30. The smallest absolute Gasteiger partial charge is 0.285 e. The van der Waals surface area contributed by atoms with Crippen LogP contribution in [0.3, 0.4) is 0 Å². The molecule has 0 radical (unpaired) electrons. The summed E-state index contributed by atoms with van der Waals surface area (Å²) in [5.41, 5.74) is 1.81. The minimum atomic E-state index is -3.69. The minimum absolute atomic E-state index is 0.0215. The summed E-state index contributed by atoms with van der Waals surface area (Å²) < 4.78 is 33.6. The number of rotatable bonds is 6. The summed E-state index contributed by atoms with van der Waals surface area (Å²) in [6, 6.07) is 14.8. The van der Waals surface area contributed by atoms with E-state index in [2.05, 4.69) is 21.4 Å². The van der Waals surface area contributed by atoms with Crippen molar-refractivity contribution in [3.8, 4) is 5.75 Å². The lowest BCUT2D eigenvalue weighted by Gasteiger charge is -2.35. The summed E-state index contributed by atoms with van der Waals surface area (Å²) >= 11 is 0. The van der Waals surface area contributed by atoms with Crippen LogP contribution in [-0.2, 0) is 21.2 Å². The van der Waals surface area contributed by atoms with Crippen molar-refractivity contribution in [2.45, 2.75) is 11.3 Å². The molecule has 0 atom stereocenters. The molecule has 0 saturated carbocycles. The van der Waals surface area contributed by atoms with Crippen LogP contribution >= 0.6 is 0 Å². The molecule has 1 saturated heterocycles. The van der Waals surface area contributed by atoms with Gasteiger partial charge in [-0.1, -0.05) is 24.3 Å². The van der Waals surface area contributed by atoms with Gasteiger partial charge >= 0.3 is 0 Å². The number of amidine groups is 1. The van der Waals surface area contributed by atoms with Crippen LogP contribution in [0, 0.1) is 0 Å². The van der Waals surface area contributed by atoms with Crippen molar-refractivity contribution in [2.24, 2.45) is 4.40 Å². The molecule has 9 heteroatoms. The number of nitrogens with zero attached hydrogens (tertiary/aromatic N) is 4. The van der Waals surface area contributed by atoms with Crippen LogP contribution in [0.15, 0.2) is 57.8 Å². The Labute approximate surface area is 189 Å². The first-order valence-electron chi connectivity index (χ1n) is 10.7. The number of benzene rings is 2. The van der Waals surface area contributed by atoms with E-state index < -0.39 is 10.0 Å². The van der Waals surface area contributed by atoms with Gasteiger partial charge in [-0.3, -0.25) is 9.69 Å². The number of carbonyl (C=O) groups is 1. The summed E-state index contributed by atoms with van der Waals surface area (Å²) in [5, 5.41) is 0. The maximum atomic E-state index is 12.8. The fourth-order valence-electron chi connectivity index (χ4n) is 4.04. The van der Waals surface area contributed by atoms with E-state index in [4.69, 9.17) is 4.74 Å². The van der Waals surface area contributed by atoms with Gasteiger partial charge in [-0.2, -0.15) is 8.42 Å². The maximum Gasteiger partial charge on any atom is 0.285 e. The highest BCUT2D eigenvalue weighted by atomic mass is 32.2. The predicted molar refractivity (Wildman–Crippen MR) is 123 cm³/mol. The summed E-state index contributed by atoms with van der Waals surface area (Å²) in [5.74, 6) is 1.16. The van der Waals surface area contributed by atoms with Gasteiger partial charge in [0.05, 0.1) is 13.7 Å². The fraction of sp³-hybridized carbons (Fsp3) is 0.391. The molecule has 2 aromatic rings. The topological polar surface area (TPSA) is 82.5 Å². The first kappa shape index (κ1) is 22.3. The largest absolute Gasteiger partial charge is 0.497 e. The molecule has 4 rings (SSSR count). The van der Waals surface area contributed by atoms with Gasteiger partial charge < -0.3 is 14.5 Å². The molecule has 0 aromatic heterocycles. The lowest BCUT2D eigenvalue weighted by Crippen LogP contribution is -2.51. The molecular weight excluding hydrogens is 428 g/mol. The number of ether oxygens (including phenoxy) is 1. The van der Waals surface area contributed by atoms with Gasteiger partial charge in [0.15, 0.2) is 5.84 Å². The average molecular weight is 457 g/mol. The van der Waals surface area contributed by atoms with Crippen LogP contribution in [0.1, 0.15) is 11.1 Å². The Balaban J connectivity index is 1.27. The monoisotopic (exact) mass is 456 g/mol. The number of amides is 1. The Hall–Kier alpha value is -2.91. The molecule has 0 bridgehead atoms. The average Bonchev–Trinajstić information content (AvgIpc) is 3.09. The Morgan fingerprint density at radius 1 is 1.06 bits per heavy atom. The van der Waals surface area contributed by atoms with Crippen LogP contribution in [-0.4, -0.2) is 88.3 Å². The third kappa shape index (κ3) is 4.78. The van der Waals surface area contributed by atoms with E-state index in [1.807, 2.05) is 17.0 Å². The molecule has 32 heavy (non-hydrogen) atoms. The number of methoxy groups -OCH3 is 1. The van der Waals surface area contributed by atoms with E-state index in [0.717, 1.165) is 31.8 Å². The summed E-state index contributed by atoms with van der Waals surface area (Å²) in [4.78, 5) is 18.9. The van der Waals surface area contributed by atoms with Crippen LogP contribution < -0.4 is 4.74 Å². The van der Waals surface area contributed by atoms with Crippen molar-refractivity contribution in [1.29, 1.82) is 0 Å². The zero-order valence-electron chi connectivity index (χ0n) is 18.4. The number of piperazine rings is 1. The zero-order chi connectivity index (χ0) is 22.7. The Morgan fingerprint density at radius 2 is 1.75 bits per heavy atom. The highest BCUT2D eigenvalue weighted by molar-refractivity contribution is 7.90. The molecule has 1 amide bonds. The van der Waals surface area contributed by atoms with Crippen LogP contribution in [0.25, 0.3) is 0 Å². The quantitative estimate of drug-likeness (QED) is 0.655. The maximum absolute atomic E-state index is 12.8. The van der Waals surface area contributed by atoms with Crippen LogP contribution in [0.5, 0.6) is 5.75 Å². The molecule has 1 fully saturated rings. The van der Waals surface area contributed by atoms with Crippen molar-refractivity contribution in [3.05, 3.63) is 59.7 Å². The highest BCUT2D eigenvalue weighted by Gasteiger charge is 2.31. The third-order valence-electron chi connectivity index (χ3n) is 5.95. The molecule has 2 aromatic carbocycles. The molecule has 170 valence electrons. The van der Waals surface area contributed by atoms with Crippen molar-refractivity contribution >= 4 is 21.8 Å². The molecule has 0 N–H and O–H groups in total. The SMILES string of the molecule is COc1ccc(CCN2CCN(C(=O)CN(C)C3=NS(=O)(=O)c4ccccc43)CC2)cc1. The van der Waals surface area contributed by atoms with Crippen LogP contribution in [0.4, 0.5) is 0 Å². The molecule has 2 aliphatic rings. The molecule has 2 heterocycles. The van der Waals surface area contributed by atoms with E-state index in [1.165, 1.54) is 5.56 Å². The summed E-state index contributed by atoms with van der Waals surface area (Å²) in [7, 11) is -0.323. The number of fused-ring (bicyclic) bond motifs is 1. The Morgan fingerprint density at radius 3 is 2.44 bits per heavy atom. The Kier molecular flexibility index (Phi) is 6.48. The third-order valence-corrected chi connectivity index (χ3v) is 7.27. The summed E-state index contributed by atoms with van der Waals surface area (Å²) in [6.45, 7) is 4.01. The van der Waals surface area contributed by atoms with Crippen molar-refractivity contribution in [3.63, 3.8) is 0 Å². The van der Waals surface area contributed by atoms with Crippen molar-refractivity contribution in [2.75, 3.05) is 53.4 Å². The standard InChI is InChI=1S/C23H28N4O4S/c1-25(23-20-5-3-4-6-21(20)32(29,30)24-23)17-22(28)27-15-13-26(14-16-27)12-11-18-7-9-19(31-2)10-8-18/h3-10H,11-17H2,1-2H3. The second-order valence-electron chi connectivity index (χ2n) is 8.06. The number of hydrogen-bond donors (Lipinski definition) is 0. The minimum Gasteiger partial charge on any atom is -0.497 e. The van der Waals surface area contributed by atoms with E-state index >= 15 is 0 Å². The number of likely N-dealkylation sites (N-methyl/N-ethyl adjacent to an activating group) is 1. The second-order valence-corrected chi connectivity index (χ2v) is 9.64. The fourth-order valence-corrected chi connectivity index (χ4v) is 5.29. The van der Waals surface area contributed by atoms with Gasteiger partial charge in [0.1, 0.15) is 10.6 Å². The summed E-state index contributed by atoms with van der Waals surface area (Å²) in [6.07, 6.45) is 0.953. The first-order chi connectivity index (χ1) is 15.4. The number of carbonyl (C=O) groups excluding carboxylic acids is 1. The van der Waals surface area contributed by atoms with Gasteiger partial charge in [-0.25, -0.2) is 0 Å². The van der Waals surface area contributed by atoms with Crippen molar-refractivity contribution < 1.29 is 17.9 Å². The molecule has 0 aliphatic carbocycles. The van der Waals surface area contributed by atoms with E-state index in [1.54, 1.807) is 43.3 Å². The lowest BCUT2D eigenvalue weighted by atomic mass is 10.1. The molecular formula is C23H28N4O4S. The van der Waals surface area contributed by atoms with Gasteiger partial charge in [-0.15, -0.1) is 4.40 Å². The van der Waals surface area contributed by atoms with Gasteiger partial charge in [0.25, 0.3) is 10.0 Å². The number of hydrogen-bond acceptors (Lipinski definition) is 6. The molecule has 8 nitrogen and oxygen atoms in total. The Bertz CT molecular complexity index is 1110. The number of sulfonamides is 1. The molecule has 2 aliphatic heterocycles. The van der Waals surface area contributed by atoms with E-state index in [0.29, 0.717) is 24.5 Å². The molecule has 0 spiro atoms. The van der Waals surface area contributed by atoms with Gasteiger partial charge in [0, 0.05) is 45.3 Å². The highest BCUT2D eigenvalue weighted by Crippen LogP contribution is 2.27. The normalized spacial score (nSPS) is 17.6. The van der Waals surface area contributed by atoms with E-state index in [-0.39, 0.29) is 17.3 Å². The lowest BCUT2D eigenvalue weighted by molar-refractivity contribution is -0.133. The zero-order valence-corrected chi connectivity index (χ0v) is 19.2. The van der Waals surface area contributed by atoms with E-state index in [9.17, 15) is 13.2 Å². The van der Waals surface area contributed by atoms with Gasteiger partial charge in [-0.05, 0) is 36.2 Å². The van der Waals surface area contributed by atoms with Crippen LogP contribution in [0.2, 0.25) is 0 Å². The predicted octanol–water partition coefficient (Wildman–Crippen LogP) is 1.46. The van der Waals surface area contributed by atoms with Gasteiger partial charge in [0.2, 0.25) is 5.91 Å². The van der Waals surface area contributed by atoms with Crippen molar-refractivity contribution in [1.82, 2.24) is 14.7 Å². The first-order valence-corrected chi connectivity index (χ1v) is 12.1.